The Kier molecular flexibility index (Phi) is 3.87. The van der Waals surface area contributed by atoms with Crippen LogP contribution < -0.4 is 5.32 Å². The smallest absolute Gasteiger partial charge is 0.216 e. The quantitative estimate of drug-likeness (QED) is 0.903. The molecule has 2 heterocycles. The van der Waals surface area contributed by atoms with Crippen molar-refractivity contribution in [3.05, 3.63) is 29.1 Å². The van der Waals surface area contributed by atoms with Gasteiger partial charge in [-0.05, 0) is 20.3 Å². The van der Waals surface area contributed by atoms with Gasteiger partial charge in [0.2, 0.25) is 5.95 Å². The Labute approximate surface area is 112 Å². The first-order valence-corrected chi connectivity index (χ1v) is 6.48. The van der Waals surface area contributed by atoms with Gasteiger partial charge < -0.3 is 5.32 Å². The van der Waals surface area contributed by atoms with Crippen LogP contribution in [0.2, 0.25) is 0 Å². The molecule has 0 aromatic carbocycles. The lowest BCUT2D eigenvalue weighted by Crippen LogP contribution is -2.03. The Morgan fingerprint density at radius 2 is 2.00 bits per heavy atom. The van der Waals surface area contributed by atoms with Crippen molar-refractivity contribution in [2.24, 2.45) is 7.05 Å². The largest absolute Gasteiger partial charge is 0.378 e. The summed E-state index contributed by atoms with van der Waals surface area (Å²) in [7, 11) is 1.61. The van der Waals surface area contributed by atoms with Crippen LogP contribution in [-0.2, 0) is 20.1 Å². The number of aryl methyl sites for hydroxylation is 4. The first-order chi connectivity index (χ1) is 9.02. The fraction of sp³-hybridized carbons (Fsp3) is 0.538. The zero-order valence-corrected chi connectivity index (χ0v) is 11.9. The second-order valence-corrected chi connectivity index (χ2v) is 4.72. The molecule has 0 spiro atoms. The summed E-state index contributed by atoms with van der Waals surface area (Å²) >= 11 is 0. The van der Waals surface area contributed by atoms with Crippen LogP contribution in [0.15, 0.2) is 6.20 Å². The highest BCUT2D eigenvalue weighted by Crippen LogP contribution is 2.17. The molecule has 0 atom stereocenters. The standard InChI is InChI=1S/C13H20FN5/c1-5-6-19-8-12(10(3)17-19)15-7-11-9(2)16-18(4)13(11)14/h8,15H,5-7H2,1-4H3. The molecule has 0 fully saturated rings. The van der Waals surface area contributed by atoms with Crippen LogP contribution >= 0.6 is 0 Å². The van der Waals surface area contributed by atoms with Crippen molar-refractivity contribution in [3.63, 3.8) is 0 Å². The molecule has 0 aliphatic rings. The number of nitrogens with one attached hydrogen (secondary N) is 1. The number of hydrogen-bond donors (Lipinski definition) is 1. The second-order valence-electron chi connectivity index (χ2n) is 4.72. The van der Waals surface area contributed by atoms with Gasteiger partial charge in [0.15, 0.2) is 0 Å². The molecule has 1 N–H and O–H groups in total. The maximum Gasteiger partial charge on any atom is 0.216 e. The van der Waals surface area contributed by atoms with Crippen LogP contribution in [0.3, 0.4) is 0 Å². The average molecular weight is 265 g/mol. The Balaban J connectivity index is 2.10. The van der Waals surface area contributed by atoms with Gasteiger partial charge in [0.05, 0.1) is 17.1 Å². The van der Waals surface area contributed by atoms with Gasteiger partial charge in [-0.25, -0.2) is 4.68 Å². The summed E-state index contributed by atoms with van der Waals surface area (Å²) in [6, 6.07) is 0. The molecule has 0 radical (unpaired) electrons. The molecule has 0 saturated heterocycles. The second kappa shape index (κ2) is 5.42. The SMILES string of the molecule is CCCn1cc(NCc2c(C)nn(C)c2F)c(C)n1. The summed E-state index contributed by atoms with van der Waals surface area (Å²) < 4.78 is 17.0. The number of nitrogens with zero attached hydrogens (tertiary/aromatic N) is 4. The van der Waals surface area contributed by atoms with E-state index in [0.29, 0.717) is 17.8 Å². The summed E-state index contributed by atoms with van der Waals surface area (Å²) in [6.45, 7) is 7.18. The van der Waals surface area contributed by atoms with E-state index in [4.69, 9.17) is 0 Å². The van der Waals surface area contributed by atoms with Crippen molar-refractivity contribution in [3.8, 4) is 0 Å². The lowest BCUT2D eigenvalue weighted by atomic mass is 10.2. The van der Waals surface area contributed by atoms with Gasteiger partial charge in [-0.3, -0.25) is 4.68 Å². The normalized spacial score (nSPS) is 11.0. The number of anilines is 1. The molecule has 0 unspecified atom stereocenters. The third kappa shape index (κ3) is 2.77. The molecular formula is C13H20FN5. The van der Waals surface area contributed by atoms with Crippen molar-refractivity contribution >= 4 is 5.69 Å². The minimum atomic E-state index is -0.288. The zero-order chi connectivity index (χ0) is 14.0. The van der Waals surface area contributed by atoms with E-state index in [0.717, 1.165) is 24.3 Å². The van der Waals surface area contributed by atoms with Crippen molar-refractivity contribution < 1.29 is 4.39 Å². The van der Waals surface area contributed by atoms with Gasteiger partial charge in [0.25, 0.3) is 0 Å². The van der Waals surface area contributed by atoms with Crippen LogP contribution in [0.1, 0.15) is 30.3 Å². The van der Waals surface area contributed by atoms with E-state index in [9.17, 15) is 4.39 Å². The van der Waals surface area contributed by atoms with Gasteiger partial charge in [-0.15, -0.1) is 0 Å². The van der Waals surface area contributed by atoms with Crippen LogP contribution in [-0.4, -0.2) is 19.6 Å². The monoisotopic (exact) mass is 265 g/mol. The maximum absolute atomic E-state index is 13.8. The summed E-state index contributed by atoms with van der Waals surface area (Å²) in [5.74, 6) is -0.288. The van der Waals surface area contributed by atoms with Gasteiger partial charge in [0.1, 0.15) is 0 Å². The number of halogens is 1. The van der Waals surface area contributed by atoms with Crippen LogP contribution in [0.5, 0.6) is 0 Å². The van der Waals surface area contributed by atoms with Crippen molar-refractivity contribution in [1.29, 1.82) is 0 Å². The average Bonchev–Trinajstić information content (AvgIpc) is 2.80. The maximum atomic E-state index is 13.8. The lowest BCUT2D eigenvalue weighted by Gasteiger charge is -2.03. The predicted octanol–water partition coefficient (Wildman–Crippen LogP) is 2.39. The van der Waals surface area contributed by atoms with Gasteiger partial charge in [-0.1, -0.05) is 6.92 Å². The minimum absolute atomic E-state index is 0.288. The molecular weight excluding hydrogens is 245 g/mol. The summed E-state index contributed by atoms with van der Waals surface area (Å²) in [6.07, 6.45) is 3.00. The van der Waals surface area contributed by atoms with Crippen molar-refractivity contribution in [2.75, 3.05) is 5.32 Å². The number of aromatic nitrogens is 4. The first kappa shape index (κ1) is 13.6. The molecule has 104 valence electrons. The third-order valence-electron chi connectivity index (χ3n) is 3.12. The van der Waals surface area contributed by atoms with E-state index in [1.807, 2.05) is 24.7 Å². The van der Waals surface area contributed by atoms with E-state index < -0.39 is 0 Å². The molecule has 2 aromatic heterocycles. The Hall–Kier alpha value is -1.85. The molecule has 2 aromatic rings. The fourth-order valence-electron chi connectivity index (χ4n) is 2.09. The molecule has 0 aliphatic heterocycles. The van der Waals surface area contributed by atoms with E-state index >= 15 is 0 Å². The minimum Gasteiger partial charge on any atom is -0.378 e. The molecule has 5 nitrogen and oxygen atoms in total. The van der Waals surface area contributed by atoms with Gasteiger partial charge in [0, 0.05) is 31.9 Å². The highest BCUT2D eigenvalue weighted by atomic mass is 19.1. The molecule has 0 amide bonds. The number of rotatable bonds is 5. The van der Waals surface area contributed by atoms with Crippen LogP contribution in [0.25, 0.3) is 0 Å². The van der Waals surface area contributed by atoms with Crippen LogP contribution in [0, 0.1) is 19.8 Å². The predicted molar refractivity (Wildman–Crippen MR) is 72.5 cm³/mol. The molecule has 2 rings (SSSR count). The summed E-state index contributed by atoms with van der Waals surface area (Å²) in [5, 5.41) is 11.7. The molecule has 0 saturated carbocycles. The van der Waals surface area contributed by atoms with Crippen molar-refractivity contribution in [1.82, 2.24) is 19.6 Å². The van der Waals surface area contributed by atoms with E-state index in [-0.39, 0.29) is 5.95 Å². The van der Waals surface area contributed by atoms with E-state index in [1.54, 1.807) is 7.05 Å². The Bertz CT molecular complexity index is 570. The highest BCUT2D eigenvalue weighted by molar-refractivity contribution is 5.46. The highest BCUT2D eigenvalue weighted by Gasteiger charge is 2.13. The fourth-order valence-corrected chi connectivity index (χ4v) is 2.09. The first-order valence-electron chi connectivity index (χ1n) is 6.48. The van der Waals surface area contributed by atoms with Crippen LogP contribution in [0.4, 0.5) is 10.1 Å². The molecule has 6 heteroatoms. The van der Waals surface area contributed by atoms with E-state index in [1.165, 1.54) is 4.68 Å². The van der Waals surface area contributed by atoms with Gasteiger partial charge in [-0.2, -0.15) is 14.6 Å². The number of hydrogen-bond acceptors (Lipinski definition) is 3. The summed E-state index contributed by atoms with van der Waals surface area (Å²) in [5.41, 5.74) is 3.18. The topological polar surface area (TPSA) is 47.7 Å². The van der Waals surface area contributed by atoms with E-state index in [2.05, 4.69) is 22.4 Å². The molecule has 0 bridgehead atoms. The molecule has 19 heavy (non-hydrogen) atoms. The third-order valence-corrected chi connectivity index (χ3v) is 3.12. The Morgan fingerprint density at radius 1 is 1.26 bits per heavy atom. The lowest BCUT2D eigenvalue weighted by molar-refractivity contribution is 0.496. The zero-order valence-electron chi connectivity index (χ0n) is 11.9. The van der Waals surface area contributed by atoms with Gasteiger partial charge >= 0.3 is 0 Å². The van der Waals surface area contributed by atoms with Crippen molar-refractivity contribution in [2.45, 2.75) is 40.3 Å². The summed E-state index contributed by atoms with van der Waals surface area (Å²) in [4.78, 5) is 0. The Morgan fingerprint density at radius 3 is 2.58 bits per heavy atom. The molecule has 0 aliphatic carbocycles.